The van der Waals surface area contributed by atoms with Gasteiger partial charge in [-0.2, -0.15) is 0 Å². The van der Waals surface area contributed by atoms with Crippen molar-refractivity contribution >= 4 is 40.5 Å². The third-order valence-corrected chi connectivity index (χ3v) is 7.49. The summed E-state index contributed by atoms with van der Waals surface area (Å²) in [4.78, 5) is 42.2. The molecule has 35 heavy (non-hydrogen) atoms. The van der Waals surface area contributed by atoms with Crippen molar-refractivity contribution in [3.05, 3.63) is 80.7 Å². The van der Waals surface area contributed by atoms with Crippen LogP contribution in [0.1, 0.15) is 60.3 Å². The first kappa shape index (κ1) is 26.6. The lowest BCUT2D eigenvalue weighted by Gasteiger charge is -2.28. The lowest BCUT2D eigenvalue weighted by atomic mass is 9.92. The second-order valence-electron chi connectivity index (χ2n) is 8.52. The molecule has 8 heteroatoms. The number of rotatable bonds is 14. The average Bonchev–Trinajstić information content (AvgIpc) is 3.55. The van der Waals surface area contributed by atoms with Crippen LogP contribution in [-0.4, -0.2) is 33.8 Å². The van der Waals surface area contributed by atoms with E-state index in [1.165, 1.54) is 0 Å². The van der Waals surface area contributed by atoms with Gasteiger partial charge in [-0.1, -0.05) is 62.2 Å². The van der Waals surface area contributed by atoms with Crippen LogP contribution < -0.4 is 5.32 Å². The molecule has 0 radical (unpaired) electrons. The molecular formula is C27H32N2O4S2. The highest BCUT2D eigenvalue weighted by molar-refractivity contribution is 7.10. The van der Waals surface area contributed by atoms with Crippen molar-refractivity contribution in [1.29, 1.82) is 0 Å². The van der Waals surface area contributed by atoms with Gasteiger partial charge in [0.05, 0.1) is 19.5 Å². The van der Waals surface area contributed by atoms with Crippen LogP contribution in [0.15, 0.2) is 65.4 Å². The highest BCUT2D eigenvalue weighted by atomic mass is 32.1. The summed E-state index contributed by atoms with van der Waals surface area (Å²) < 4.78 is 0. The molecule has 3 aromatic rings. The van der Waals surface area contributed by atoms with E-state index < -0.39 is 17.9 Å². The number of nitrogens with zero attached hydrogens (tertiary/aromatic N) is 1. The molecule has 1 unspecified atom stereocenters. The molecule has 3 rings (SSSR count). The molecule has 0 aliphatic carbocycles. The van der Waals surface area contributed by atoms with Gasteiger partial charge in [-0.05, 0) is 34.9 Å². The van der Waals surface area contributed by atoms with Crippen LogP contribution in [0.25, 0.3) is 0 Å². The van der Waals surface area contributed by atoms with E-state index in [2.05, 4.69) is 12.2 Å². The van der Waals surface area contributed by atoms with Crippen molar-refractivity contribution in [1.82, 2.24) is 10.2 Å². The zero-order valence-corrected chi connectivity index (χ0v) is 21.5. The molecule has 2 N–H and O–H groups in total. The number of nitrogens with one attached hydrogen (secondary N) is 1. The Labute approximate surface area is 214 Å². The Morgan fingerprint density at radius 1 is 0.914 bits per heavy atom. The summed E-state index contributed by atoms with van der Waals surface area (Å²) in [6.45, 7) is 3.02. The van der Waals surface area contributed by atoms with E-state index in [-0.39, 0.29) is 24.7 Å². The number of aliphatic carboxylic acids is 1. The maximum atomic E-state index is 13.7. The SMILES string of the molecule is CCCC[C@@H](NC(=O)CC(CC(=O)O)c1ccccc1)C(=O)N(Cc1cccs1)Cc1cccs1. The second-order valence-corrected chi connectivity index (χ2v) is 10.6. The van der Waals surface area contributed by atoms with Crippen molar-refractivity contribution in [2.45, 2.75) is 64.1 Å². The standard InChI is InChI=1S/C27H32N2O4S2/c1-2-3-13-24(28-25(30)16-21(17-26(31)32)20-9-5-4-6-10-20)27(33)29(18-22-11-7-14-34-22)19-23-12-8-15-35-23/h4-12,14-15,21,24H,2-3,13,16-19H2,1H3,(H,28,30)(H,31,32)/t21?,24-/m1/s1. The van der Waals surface area contributed by atoms with E-state index in [1.807, 2.05) is 70.3 Å². The van der Waals surface area contributed by atoms with Crippen LogP contribution in [-0.2, 0) is 27.5 Å². The molecular weight excluding hydrogens is 480 g/mol. The first-order valence-corrected chi connectivity index (χ1v) is 13.6. The number of hydrogen-bond acceptors (Lipinski definition) is 5. The smallest absolute Gasteiger partial charge is 0.303 e. The minimum absolute atomic E-state index is 0.0159. The molecule has 0 saturated carbocycles. The van der Waals surface area contributed by atoms with Gasteiger partial charge < -0.3 is 15.3 Å². The average molecular weight is 513 g/mol. The van der Waals surface area contributed by atoms with Crippen LogP contribution in [0.2, 0.25) is 0 Å². The minimum Gasteiger partial charge on any atom is -0.481 e. The van der Waals surface area contributed by atoms with Gasteiger partial charge in [-0.25, -0.2) is 0 Å². The molecule has 0 fully saturated rings. The molecule has 2 atom stereocenters. The van der Waals surface area contributed by atoms with Crippen LogP contribution in [0.5, 0.6) is 0 Å². The van der Waals surface area contributed by atoms with E-state index in [0.29, 0.717) is 19.5 Å². The van der Waals surface area contributed by atoms with E-state index in [0.717, 1.165) is 28.2 Å². The van der Waals surface area contributed by atoms with E-state index >= 15 is 0 Å². The zero-order chi connectivity index (χ0) is 25.0. The summed E-state index contributed by atoms with van der Waals surface area (Å²) in [5, 5.41) is 16.3. The van der Waals surface area contributed by atoms with Crippen LogP contribution in [0.4, 0.5) is 0 Å². The Bertz CT molecular complexity index is 1020. The molecule has 1 aromatic carbocycles. The number of benzene rings is 1. The molecule has 0 aliphatic rings. The number of carbonyl (C=O) groups is 3. The first-order chi connectivity index (χ1) is 17.0. The van der Waals surface area contributed by atoms with Gasteiger partial charge in [0.1, 0.15) is 6.04 Å². The maximum Gasteiger partial charge on any atom is 0.303 e. The Balaban J connectivity index is 1.75. The molecule has 0 saturated heterocycles. The van der Waals surface area contributed by atoms with Gasteiger partial charge in [0, 0.05) is 22.1 Å². The number of thiophene rings is 2. The number of amides is 2. The van der Waals surface area contributed by atoms with E-state index in [1.54, 1.807) is 22.7 Å². The van der Waals surface area contributed by atoms with Gasteiger partial charge in [-0.15, -0.1) is 22.7 Å². The Morgan fingerprint density at radius 3 is 2.06 bits per heavy atom. The van der Waals surface area contributed by atoms with Crippen molar-refractivity contribution in [2.24, 2.45) is 0 Å². The fourth-order valence-corrected chi connectivity index (χ4v) is 5.44. The lowest BCUT2D eigenvalue weighted by Crippen LogP contribution is -2.48. The first-order valence-electron chi connectivity index (χ1n) is 11.9. The summed E-state index contributed by atoms with van der Waals surface area (Å²) in [6, 6.07) is 16.5. The number of carboxylic acid groups (broad SMARTS) is 1. The lowest BCUT2D eigenvalue weighted by molar-refractivity contribution is -0.139. The van der Waals surface area contributed by atoms with Gasteiger partial charge in [0.2, 0.25) is 11.8 Å². The quantitative estimate of drug-likeness (QED) is 0.292. The molecule has 2 heterocycles. The monoisotopic (exact) mass is 512 g/mol. The van der Waals surface area contributed by atoms with Crippen molar-refractivity contribution < 1.29 is 19.5 Å². The topological polar surface area (TPSA) is 86.7 Å². The maximum absolute atomic E-state index is 13.7. The molecule has 2 aromatic heterocycles. The summed E-state index contributed by atoms with van der Waals surface area (Å²) in [7, 11) is 0. The number of hydrogen-bond donors (Lipinski definition) is 2. The summed E-state index contributed by atoms with van der Waals surface area (Å²) >= 11 is 3.21. The van der Waals surface area contributed by atoms with Gasteiger partial charge in [0.15, 0.2) is 0 Å². The fraction of sp³-hybridized carbons (Fsp3) is 0.370. The van der Waals surface area contributed by atoms with Gasteiger partial charge >= 0.3 is 5.97 Å². The van der Waals surface area contributed by atoms with Gasteiger partial charge in [0.25, 0.3) is 0 Å². The Hall–Kier alpha value is -2.97. The number of carboxylic acids is 1. The van der Waals surface area contributed by atoms with Crippen molar-refractivity contribution in [2.75, 3.05) is 0 Å². The number of unbranched alkanes of at least 4 members (excludes halogenated alkanes) is 1. The molecule has 186 valence electrons. The molecule has 0 aliphatic heterocycles. The molecule has 0 spiro atoms. The van der Waals surface area contributed by atoms with Crippen LogP contribution in [0, 0.1) is 0 Å². The predicted molar refractivity (Wildman–Crippen MR) is 140 cm³/mol. The van der Waals surface area contributed by atoms with E-state index in [9.17, 15) is 19.5 Å². The van der Waals surface area contributed by atoms with E-state index in [4.69, 9.17) is 0 Å². The second kappa shape index (κ2) is 13.8. The summed E-state index contributed by atoms with van der Waals surface area (Å²) in [5.74, 6) is -1.82. The summed E-state index contributed by atoms with van der Waals surface area (Å²) in [6.07, 6.45) is 2.12. The van der Waals surface area contributed by atoms with Crippen LogP contribution >= 0.6 is 22.7 Å². The minimum atomic E-state index is -0.955. The number of carbonyl (C=O) groups excluding carboxylic acids is 2. The Kier molecular flexibility index (Phi) is 10.5. The predicted octanol–water partition coefficient (Wildman–Crippen LogP) is 5.66. The molecule has 2 amide bonds. The third-order valence-electron chi connectivity index (χ3n) is 5.77. The highest BCUT2D eigenvalue weighted by Crippen LogP contribution is 2.24. The van der Waals surface area contributed by atoms with Crippen molar-refractivity contribution in [3.8, 4) is 0 Å². The molecule has 0 bridgehead atoms. The third kappa shape index (κ3) is 8.64. The van der Waals surface area contributed by atoms with Crippen LogP contribution in [0.3, 0.4) is 0 Å². The highest BCUT2D eigenvalue weighted by Gasteiger charge is 2.28. The normalized spacial score (nSPS) is 12.6. The molecule has 6 nitrogen and oxygen atoms in total. The largest absolute Gasteiger partial charge is 0.481 e. The summed E-state index contributed by atoms with van der Waals surface area (Å²) in [5.41, 5.74) is 0.804. The van der Waals surface area contributed by atoms with Crippen molar-refractivity contribution in [3.63, 3.8) is 0 Å². The Morgan fingerprint density at radius 2 is 1.54 bits per heavy atom. The van der Waals surface area contributed by atoms with Gasteiger partial charge in [-0.3, -0.25) is 14.4 Å². The fourth-order valence-electron chi connectivity index (χ4n) is 4.00. The zero-order valence-electron chi connectivity index (χ0n) is 19.9.